The molecule has 1 aromatic carbocycles. The van der Waals surface area contributed by atoms with Crippen LogP contribution < -0.4 is 5.32 Å². The second-order valence-corrected chi connectivity index (χ2v) is 5.88. The second-order valence-electron chi connectivity index (χ2n) is 4.24. The maximum Gasteiger partial charge on any atom is 0.163 e. The maximum atomic E-state index is 6.23. The van der Waals surface area contributed by atoms with Crippen molar-refractivity contribution in [1.29, 1.82) is 0 Å². The van der Waals surface area contributed by atoms with Crippen LogP contribution in [0.1, 0.15) is 12.6 Å². The highest BCUT2D eigenvalue weighted by Crippen LogP contribution is 2.32. The van der Waals surface area contributed by atoms with E-state index in [2.05, 4.69) is 31.2 Å². The predicted octanol–water partition coefficient (Wildman–Crippen LogP) is 4.79. The molecule has 0 radical (unpaired) electrons. The normalized spacial score (nSPS) is 10.7. The van der Waals surface area contributed by atoms with Gasteiger partial charge in [0.15, 0.2) is 5.82 Å². The molecule has 1 N–H and O–H groups in total. The predicted molar refractivity (Wildman–Crippen MR) is 90.1 cm³/mol. The fourth-order valence-electron chi connectivity index (χ4n) is 1.80. The molecule has 4 nitrogen and oxygen atoms in total. The minimum atomic E-state index is 0.368. The molecule has 0 unspecified atom stereocenters. The lowest BCUT2D eigenvalue weighted by Gasteiger charge is -2.12. The highest BCUT2D eigenvalue weighted by atomic mass is 79.9. The van der Waals surface area contributed by atoms with E-state index in [-0.39, 0.29) is 0 Å². The Labute approximate surface area is 142 Å². The van der Waals surface area contributed by atoms with E-state index in [0.717, 1.165) is 16.7 Å². The molecule has 0 aliphatic rings. The Morgan fingerprint density at radius 1 is 1.29 bits per heavy atom. The van der Waals surface area contributed by atoms with Gasteiger partial charge in [0.05, 0.1) is 21.8 Å². The second kappa shape index (κ2) is 7.40. The summed E-state index contributed by atoms with van der Waals surface area (Å²) in [5, 5.41) is 4.32. The van der Waals surface area contributed by atoms with Gasteiger partial charge in [-0.3, -0.25) is 0 Å². The standard InChI is InChI=1S/C14H14BrCl2N3O/c1-3-18-14-12(15)11(7-21-2)19-13(20-14)9-6-8(16)4-5-10(9)17/h4-6H,3,7H2,1-2H3,(H,18,19,20). The summed E-state index contributed by atoms with van der Waals surface area (Å²) < 4.78 is 5.96. The van der Waals surface area contributed by atoms with Gasteiger partial charge in [-0.1, -0.05) is 23.2 Å². The van der Waals surface area contributed by atoms with Crippen molar-refractivity contribution >= 4 is 44.9 Å². The zero-order valence-corrected chi connectivity index (χ0v) is 14.7. The van der Waals surface area contributed by atoms with E-state index in [1.165, 1.54) is 0 Å². The van der Waals surface area contributed by atoms with Gasteiger partial charge in [-0.2, -0.15) is 0 Å². The van der Waals surface area contributed by atoms with Crippen LogP contribution in [0.15, 0.2) is 22.7 Å². The topological polar surface area (TPSA) is 47.0 Å². The highest BCUT2D eigenvalue weighted by molar-refractivity contribution is 9.10. The van der Waals surface area contributed by atoms with E-state index in [0.29, 0.717) is 33.9 Å². The molecule has 2 rings (SSSR count). The number of rotatable bonds is 5. The number of ether oxygens (including phenoxy) is 1. The van der Waals surface area contributed by atoms with Crippen molar-refractivity contribution in [1.82, 2.24) is 9.97 Å². The molecule has 0 bridgehead atoms. The number of hydrogen-bond donors (Lipinski definition) is 1. The molecule has 0 spiro atoms. The number of nitrogens with one attached hydrogen (secondary N) is 1. The molecule has 21 heavy (non-hydrogen) atoms. The number of benzene rings is 1. The molecule has 0 atom stereocenters. The number of aromatic nitrogens is 2. The van der Waals surface area contributed by atoms with Crippen molar-refractivity contribution in [3.8, 4) is 11.4 Å². The molecular formula is C14H14BrCl2N3O. The van der Waals surface area contributed by atoms with Crippen LogP contribution in [0, 0.1) is 0 Å². The Morgan fingerprint density at radius 3 is 2.71 bits per heavy atom. The molecule has 0 fully saturated rings. The number of halogens is 3. The summed E-state index contributed by atoms with van der Waals surface area (Å²) in [6, 6.07) is 5.21. The number of anilines is 1. The molecule has 2 aromatic rings. The van der Waals surface area contributed by atoms with Gasteiger partial charge >= 0.3 is 0 Å². The third kappa shape index (κ3) is 3.86. The van der Waals surface area contributed by atoms with Gasteiger partial charge in [0, 0.05) is 24.2 Å². The summed E-state index contributed by atoms with van der Waals surface area (Å²) in [7, 11) is 1.62. The van der Waals surface area contributed by atoms with Crippen LogP contribution in [-0.2, 0) is 11.3 Å². The molecule has 0 amide bonds. The number of nitrogens with zero attached hydrogens (tertiary/aromatic N) is 2. The lowest BCUT2D eigenvalue weighted by molar-refractivity contribution is 0.181. The van der Waals surface area contributed by atoms with Crippen LogP contribution in [0.3, 0.4) is 0 Å². The van der Waals surface area contributed by atoms with Crippen LogP contribution in [0.5, 0.6) is 0 Å². The highest BCUT2D eigenvalue weighted by Gasteiger charge is 2.15. The number of methoxy groups -OCH3 is 1. The number of hydrogen-bond acceptors (Lipinski definition) is 4. The Hall–Kier alpha value is -0.880. The first-order valence-electron chi connectivity index (χ1n) is 6.31. The van der Waals surface area contributed by atoms with Crippen molar-refractivity contribution in [3.63, 3.8) is 0 Å². The monoisotopic (exact) mass is 389 g/mol. The summed E-state index contributed by atoms with van der Waals surface area (Å²) in [6.45, 7) is 3.11. The summed E-state index contributed by atoms with van der Waals surface area (Å²) in [6.07, 6.45) is 0. The zero-order chi connectivity index (χ0) is 15.4. The lowest BCUT2D eigenvalue weighted by atomic mass is 10.2. The minimum absolute atomic E-state index is 0.368. The first-order chi connectivity index (χ1) is 10.1. The molecule has 1 heterocycles. The van der Waals surface area contributed by atoms with Gasteiger partial charge in [-0.15, -0.1) is 0 Å². The summed E-state index contributed by atoms with van der Waals surface area (Å²) in [4.78, 5) is 9.02. The average molecular weight is 391 g/mol. The van der Waals surface area contributed by atoms with Gasteiger partial charge in [0.1, 0.15) is 5.82 Å². The van der Waals surface area contributed by atoms with Crippen molar-refractivity contribution in [2.75, 3.05) is 19.0 Å². The maximum absolute atomic E-state index is 6.23. The third-order valence-corrected chi connectivity index (χ3v) is 4.11. The Kier molecular flexibility index (Phi) is 5.81. The van der Waals surface area contributed by atoms with E-state index < -0.39 is 0 Å². The van der Waals surface area contributed by atoms with Crippen molar-refractivity contribution in [2.24, 2.45) is 0 Å². The van der Waals surface area contributed by atoms with Crippen LogP contribution in [0.4, 0.5) is 5.82 Å². The molecule has 7 heteroatoms. The summed E-state index contributed by atoms with van der Waals surface area (Å²) in [5.74, 6) is 1.21. The Morgan fingerprint density at radius 2 is 2.05 bits per heavy atom. The molecule has 0 aliphatic carbocycles. The summed E-state index contributed by atoms with van der Waals surface area (Å²) >= 11 is 15.8. The van der Waals surface area contributed by atoms with E-state index in [1.54, 1.807) is 25.3 Å². The molecule has 1 aromatic heterocycles. The van der Waals surface area contributed by atoms with Crippen LogP contribution in [-0.4, -0.2) is 23.6 Å². The lowest BCUT2D eigenvalue weighted by Crippen LogP contribution is -2.07. The fraction of sp³-hybridized carbons (Fsp3) is 0.286. The smallest absolute Gasteiger partial charge is 0.163 e. The fourth-order valence-corrected chi connectivity index (χ4v) is 2.61. The van der Waals surface area contributed by atoms with Gasteiger partial charge in [-0.25, -0.2) is 9.97 Å². The van der Waals surface area contributed by atoms with Crippen molar-refractivity contribution < 1.29 is 4.74 Å². The molecular weight excluding hydrogens is 377 g/mol. The van der Waals surface area contributed by atoms with Gasteiger partial charge in [0.25, 0.3) is 0 Å². The Bertz CT molecular complexity index is 625. The van der Waals surface area contributed by atoms with Crippen LogP contribution in [0.25, 0.3) is 11.4 Å². The largest absolute Gasteiger partial charge is 0.378 e. The van der Waals surface area contributed by atoms with Crippen molar-refractivity contribution in [2.45, 2.75) is 13.5 Å². The van der Waals surface area contributed by atoms with E-state index in [4.69, 9.17) is 27.9 Å². The quantitative estimate of drug-likeness (QED) is 0.797. The van der Waals surface area contributed by atoms with E-state index in [9.17, 15) is 0 Å². The zero-order valence-electron chi connectivity index (χ0n) is 11.6. The molecule has 0 saturated carbocycles. The van der Waals surface area contributed by atoms with Gasteiger partial charge < -0.3 is 10.1 Å². The van der Waals surface area contributed by atoms with E-state index >= 15 is 0 Å². The van der Waals surface area contributed by atoms with Gasteiger partial charge in [0.2, 0.25) is 0 Å². The van der Waals surface area contributed by atoms with Crippen molar-refractivity contribution in [3.05, 3.63) is 38.4 Å². The first-order valence-corrected chi connectivity index (χ1v) is 7.86. The SMILES string of the molecule is CCNc1nc(-c2cc(Cl)ccc2Cl)nc(COC)c1Br. The summed E-state index contributed by atoms with van der Waals surface area (Å²) in [5.41, 5.74) is 1.43. The Balaban J connectivity index is 2.59. The molecule has 0 aliphatic heterocycles. The first kappa shape index (κ1) is 16.5. The molecule has 0 saturated heterocycles. The van der Waals surface area contributed by atoms with Crippen LogP contribution >= 0.6 is 39.1 Å². The third-order valence-electron chi connectivity index (χ3n) is 2.71. The van der Waals surface area contributed by atoms with E-state index in [1.807, 2.05) is 6.92 Å². The molecule has 112 valence electrons. The minimum Gasteiger partial charge on any atom is -0.378 e. The van der Waals surface area contributed by atoms with Gasteiger partial charge in [-0.05, 0) is 41.1 Å². The van der Waals surface area contributed by atoms with Crippen LogP contribution in [0.2, 0.25) is 10.0 Å². The average Bonchev–Trinajstić information content (AvgIpc) is 2.46.